The van der Waals surface area contributed by atoms with Crippen LogP contribution in [-0.2, 0) is 12.8 Å². The van der Waals surface area contributed by atoms with Crippen LogP contribution in [0.3, 0.4) is 0 Å². The fourth-order valence-electron chi connectivity index (χ4n) is 1.97. The predicted molar refractivity (Wildman–Crippen MR) is 67.5 cm³/mol. The smallest absolute Gasteiger partial charge is 0.392 e. The summed E-state index contributed by atoms with van der Waals surface area (Å²) in [4.78, 5) is 0. The highest BCUT2D eigenvalue weighted by molar-refractivity contribution is 5.74. The van der Waals surface area contributed by atoms with Crippen LogP contribution in [0.1, 0.15) is 16.7 Å². The Morgan fingerprint density at radius 2 is 1.70 bits per heavy atom. The van der Waals surface area contributed by atoms with Gasteiger partial charge in [0.15, 0.2) is 0 Å². The average Bonchev–Trinajstić information content (AvgIpc) is 2.45. The molecule has 2 aromatic rings. The van der Waals surface area contributed by atoms with Gasteiger partial charge in [0, 0.05) is 5.56 Å². The number of hydrogen-bond acceptors (Lipinski definition) is 2. The number of nitriles is 1. The van der Waals surface area contributed by atoms with Crippen molar-refractivity contribution in [1.82, 2.24) is 0 Å². The topological polar surface area (TPSA) is 44.0 Å². The van der Waals surface area contributed by atoms with E-state index in [1.807, 2.05) is 0 Å². The highest BCUT2D eigenvalue weighted by Crippen LogP contribution is 2.38. The Hall–Kier alpha value is -2.32. The molecule has 0 aliphatic carbocycles. The second-order valence-corrected chi connectivity index (χ2v) is 4.19. The lowest BCUT2D eigenvalue weighted by molar-refractivity contribution is -0.137. The van der Waals surface area contributed by atoms with Crippen LogP contribution in [-0.4, -0.2) is 5.11 Å². The molecule has 0 unspecified atom stereocenters. The molecule has 5 heteroatoms. The minimum atomic E-state index is -4.53. The lowest BCUT2D eigenvalue weighted by Gasteiger charge is -2.14. The molecule has 0 aliphatic rings. The van der Waals surface area contributed by atoms with Crippen molar-refractivity contribution in [3.63, 3.8) is 0 Å². The molecule has 2 rings (SSSR count). The van der Waals surface area contributed by atoms with Gasteiger partial charge < -0.3 is 5.11 Å². The molecule has 2 aromatic carbocycles. The van der Waals surface area contributed by atoms with E-state index >= 15 is 0 Å². The van der Waals surface area contributed by atoms with Crippen molar-refractivity contribution in [3.8, 4) is 17.2 Å². The van der Waals surface area contributed by atoms with E-state index in [0.29, 0.717) is 11.1 Å². The van der Waals surface area contributed by atoms with E-state index in [0.717, 1.165) is 6.07 Å². The number of halogens is 3. The lowest BCUT2D eigenvalue weighted by Crippen LogP contribution is -2.08. The molecule has 0 radical (unpaired) electrons. The van der Waals surface area contributed by atoms with E-state index in [-0.39, 0.29) is 17.7 Å². The second kappa shape index (κ2) is 5.35. The summed E-state index contributed by atoms with van der Waals surface area (Å²) in [5.41, 5.74) is -0.111. The maximum atomic E-state index is 13.0. The maximum absolute atomic E-state index is 13.0. The summed E-state index contributed by atoms with van der Waals surface area (Å²) in [7, 11) is 0. The summed E-state index contributed by atoms with van der Waals surface area (Å²) >= 11 is 0. The molecular weight excluding hydrogens is 267 g/mol. The maximum Gasteiger partial charge on any atom is 0.417 e. The van der Waals surface area contributed by atoms with E-state index in [2.05, 4.69) is 0 Å². The van der Waals surface area contributed by atoms with Gasteiger partial charge in [0.05, 0.1) is 23.8 Å². The summed E-state index contributed by atoms with van der Waals surface area (Å²) in [5.74, 6) is 0. The van der Waals surface area contributed by atoms with Gasteiger partial charge in [-0.1, -0.05) is 30.3 Å². The molecule has 0 heterocycles. The van der Waals surface area contributed by atoms with Crippen LogP contribution in [0.25, 0.3) is 11.1 Å². The zero-order chi connectivity index (χ0) is 14.8. The zero-order valence-electron chi connectivity index (χ0n) is 10.3. The molecule has 0 fully saturated rings. The lowest BCUT2D eigenvalue weighted by atomic mass is 9.94. The van der Waals surface area contributed by atoms with Crippen LogP contribution in [0.2, 0.25) is 0 Å². The normalized spacial score (nSPS) is 11.2. The Bertz CT molecular complexity index is 654. The van der Waals surface area contributed by atoms with E-state index in [1.165, 1.54) is 36.4 Å². The standard InChI is InChI=1S/C15H10F3NO/c16-15(17,18)13-3-1-2-12(8-19)14(13)11-6-4-10(9-20)5-7-11/h1-7,20H,9H2. The summed E-state index contributed by atoms with van der Waals surface area (Å²) in [6, 6.07) is 11.3. The fourth-order valence-corrected chi connectivity index (χ4v) is 1.97. The first-order valence-electron chi connectivity index (χ1n) is 5.78. The number of benzene rings is 2. The predicted octanol–water partition coefficient (Wildman–Crippen LogP) is 3.74. The molecular formula is C15H10F3NO. The Morgan fingerprint density at radius 1 is 1.05 bits per heavy atom. The molecule has 102 valence electrons. The molecule has 0 spiro atoms. The summed E-state index contributed by atoms with van der Waals surface area (Å²) in [6.45, 7) is -0.188. The van der Waals surface area contributed by atoms with Gasteiger partial charge >= 0.3 is 6.18 Å². The monoisotopic (exact) mass is 277 g/mol. The van der Waals surface area contributed by atoms with Crippen LogP contribution in [0.5, 0.6) is 0 Å². The van der Waals surface area contributed by atoms with Gasteiger partial charge in [0.2, 0.25) is 0 Å². The third-order valence-electron chi connectivity index (χ3n) is 2.92. The number of nitrogens with zero attached hydrogens (tertiary/aromatic N) is 1. The Kier molecular flexibility index (Phi) is 3.77. The molecule has 0 aliphatic heterocycles. The van der Waals surface area contributed by atoms with Crippen LogP contribution in [0, 0.1) is 11.3 Å². The van der Waals surface area contributed by atoms with Crippen molar-refractivity contribution in [2.45, 2.75) is 12.8 Å². The van der Waals surface area contributed by atoms with E-state index < -0.39 is 11.7 Å². The van der Waals surface area contributed by atoms with E-state index in [1.54, 1.807) is 6.07 Å². The average molecular weight is 277 g/mol. The van der Waals surface area contributed by atoms with Crippen molar-refractivity contribution in [2.24, 2.45) is 0 Å². The summed E-state index contributed by atoms with van der Waals surface area (Å²) in [6.07, 6.45) is -4.53. The SMILES string of the molecule is N#Cc1cccc(C(F)(F)F)c1-c1ccc(CO)cc1. The van der Waals surface area contributed by atoms with Crippen molar-refractivity contribution < 1.29 is 18.3 Å². The minimum Gasteiger partial charge on any atom is -0.392 e. The third-order valence-corrected chi connectivity index (χ3v) is 2.92. The van der Waals surface area contributed by atoms with Crippen molar-refractivity contribution in [1.29, 1.82) is 5.26 Å². The molecule has 0 aromatic heterocycles. The molecule has 0 atom stereocenters. The molecule has 1 N–H and O–H groups in total. The molecule has 20 heavy (non-hydrogen) atoms. The molecule has 0 bridgehead atoms. The highest BCUT2D eigenvalue weighted by atomic mass is 19.4. The van der Waals surface area contributed by atoms with Crippen molar-refractivity contribution >= 4 is 0 Å². The highest BCUT2D eigenvalue weighted by Gasteiger charge is 2.34. The molecule has 0 saturated heterocycles. The number of rotatable bonds is 2. The molecule has 0 amide bonds. The second-order valence-electron chi connectivity index (χ2n) is 4.19. The first kappa shape index (κ1) is 14.1. The first-order valence-corrected chi connectivity index (χ1v) is 5.78. The van der Waals surface area contributed by atoms with Crippen molar-refractivity contribution in [2.75, 3.05) is 0 Å². The first-order chi connectivity index (χ1) is 9.47. The Balaban J connectivity index is 2.67. The van der Waals surface area contributed by atoms with Gasteiger partial charge in [-0.2, -0.15) is 18.4 Å². The number of aliphatic hydroxyl groups is 1. The van der Waals surface area contributed by atoms with Crippen LogP contribution in [0.15, 0.2) is 42.5 Å². The molecule has 0 saturated carbocycles. The number of hydrogen-bond donors (Lipinski definition) is 1. The van der Waals surface area contributed by atoms with Crippen LogP contribution < -0.4 is 0 Å². The van der Waals surface area contributed by atoms with Gasteiger partial charge in [0.25, 0.3) is 0 Å². The van der Waals surface area contributed by atoms with Gasteiger partial charge in [-0.3, -0.25) is 0 Å². The molecule has 2 nitrogen and oxygen atoms in total. The minimum absolute atomic E-state index is 0.0310. The van der Waals surface area contributed by atoms with Crippen LogP contribution in [0.4, 0.5) is 13.2 Å². The Morgan fingerprint density at radius 3 is 2.20 bits per heavy atom. The quantitative estimate of drug-likeness (QED) is 0.908. The zero-order valence-corrected chi connectivity index (χ0v) is 10.3. The number of alkyl halides is 3. The van der Waals surface area contributed by atoms with E-state index in [4.69, 9.17) is 10.4 Å². The summed E-state index contributed by atoms with van der Waals surface area (Å²) in [5, 5.41) is 18.0. The van der Waals surface area contributed by atoms with Crippen molar-refractivity contribution in [3.05, 3.63) is 59.2 Å². The van der Waals surface area contributed by atoms with Crippen LogP contribution >= 0.6 is 0 Å². The number of aliphatic hydroxyl groups excluding tert-OH is 1. The Labute approximate surface area is 113 Å². The van der Waals surface area contributed by atoms with Gasteiger partial charge in [-0.05, 0) is 23.3 Å². The van der Waals surface area contributed by atoms with Gasteiger partial charge in [0.1, 0.15) is 0 Å². The van der Waals surface area contributed by atoms with Gasteiger partial charge in [-0.25, -0.2) is 0 Å². The third kappa shape index (κ3) is 2.65. The van der Waals surface area contributed by atoms with Gasteiger partial charge in [-0.15, -0.1) is 0 Å². The largest absolute Gasteiger partial charge is 0.417 e. The van der Waals surface area contributed by atoms with E-state index in [9.17, 15) is 13.2 Å². The fraction of sp³-hybridized carbons (Fsp3) is 0.133. The summed E-state index contributed by atoms with van der Waals surface area (Å²) < 4.78 is 39.1.